The normalized spacial score (nSPS) is 14.7. The molecule has 0 aliphatic carbocycles. The van der Waals surface area contributed by atoms with Gasteiger partial charge in [0.2, 0.25) is 5.91 Å². The van der Waals surface area contributed by atoms with Crippen molar-refractivity contribution in [1.82, 2.24) is 14.8 Å². The molecule has 2 heterocycles. The number of H-pyrrole nitrogens is 1. The molecular formula is C23H25FN4O2. The van der Waals surface area contributed by atoms with E-state index in [0.29, 0.717) is 45.4 Å². The summed E-state index contributed by atoms with van der Waals surface area (Å²) < 4.78 is 13.9. The summed E-state index contributed by atoms with van der Waals surface area (Å²) >= 11 is 0. The molecule has 1 aliphatic rings. The predicted molar refractivity (Wildman–Crippen MR) is 114 cm³/mol. The zero-order valence-electron chi connectivity index (χ0n) is 16.7. The number of urea groups is 1. The molecule has 2 aromatic carbocycles. The van der Waals surface area contributed by atoms with Crippen LogP contribution in [0, 0.1) is 5.82 Å². The minimum Gasteiger partial charge on any atom is -0.354 e. The van der Waals surface area contributed by atoms with Crippen molar-refractivity contribution < 1.29 is 14.0 Å². The van der Waals surface area contributed by atoms with Crippen molar-refractivity contribution in [2.75, 3.05) is 26.2 Å². The van der Waals surface area contributed by atoms with E-state index in [1.54, 1.807) is 15.9 Å². The van der Waals surface area contributed by atoms with E-state index in [2.05, 4.69) is 4.98 Å². The molecule has 4 rings (SSSR count). The zero-order valence-corrected chi connectivity index (χ0v) is 16.7. The number of aromatic amines is 1. The molecule has 1 aliphatic heterocycles. The van der Waals surface area contributed by atoms with Crippen LogP contribution in [0.25, 0.3) is 22.2 Å². The molecule has 30 heavy (non-hydrogen) atoms. The lowest BCUT2D eigenvalue weighted by molar-refractivity contribution is -0.131. The summed E-state index contributed by atoms with van der Waals surface area (Å²) in [4.78, 5) is 31.0. The van der Waals surface area contributed by atoms with Crippen LogP contribution in [-0.2, 0) is 11.2 Å². The maximum atomic E-state index is 13.9. The Kier molecular flexibility index (Phi) is 5.70. The van der Waals surface area contributed by atoms with Gasteiger partial charge in [-0.1, -0.05) is 30.3 Å². The molecule has 6 nitrogen and oxygen atoms in total. The van der Waals surface area contributed by atoms with Crippen molar-refractivity contribution >= 4 is 22.8 Å². The SMILES string of the molecule is NC(=O)N1CCCN(C(=O)CCc2c(-c3ccccc3)[nH]c3ccc(F)cc23)CC1. The highest BCUT2D eigenvalue weighted by molar-refractivity contribution is 5.91. The van der Waals surface area contributed by atoms with Gasteiger partial charge in [-0.3, -0.25) is 4.79 Å². The van der Waals surface area contributed by atoms with Gasteiger partial charge in [0.15, 0.2) is 0 Å². The highest BCUT2D eigenvalue weighted by Gasteiger charge is 2.22. The maximum absolute atomic E-state index is 13.9. The number of carbonyl (C=O) groups excluding carboxylic acids is 2. The lowest BCUT2D eigenvalue weighted by Gasteiger charge is -2.21. The van der Waals surface area contributed by atoms with E-state index in [-0.39, 0.29) is 11.7 Å². The summed E-state index contributed by atoms with van der Waals surface area (Å²) in [7, 11) is 0. The molecule has 1 saturated heterocycles. The van der Waals surface area contributed by atoms with E-state index in [0.717, 1.165) is 27.7 Å². The quantitative estimate of drug-likeness (QED) is 0.692. The van der Waals surface area contributed by atoms with Crippen LogP contribution in [-0.4, -0.2) is 52.9 Å². The van der Waals surface area contributed by atoms with Crippen molar-refractivity contribution in [3.8, 4) is 11.3 Å². The second kappa shape index (κ2) is 8.57. The van der Waals surface area contributed by atoms with Gasteiger partial charge in [-0.15, -0.1) is 0 Å². The first kappa shape index (κ1) is 19.9. The van der Waals surface area contributed by atoms with Crippen LogP contribution in [0.3, 0.4) is 0 Å². The van der Waals surface area contributed by atoms with E-state index in [9.17, 15) is 14.0 Å². The summed E-state index contributed by atoms with van der Waals surface area (Å²) in [6.07, 6.45) is 1.53. The van der Waals surface area contributed by atoms with Gasteiger partial charge in [-0.05, 0) is 42.2 Å². The van der Waals surface area contributed by atoms with Crippen LogP contribution < -0.4 is 5.73 Å². The molecule has 0 radical (unpaired) electrons. The Balaban J connectivity index is 1.55. The van der Waals surface area contributed by atoms with E-state index >= 15 is 0 Å². The monoisotopic (exact) mass is 408 g/mol. The molecule has 7 heteroatoms. The van der Waals surface area contributed by atoms with Crippen molar-refractivity contribution in [3.05, 3.63) is 59.9 Å². The Labute approximate surface area is 174 Å². The molecule has 0 atom stereocenters. The highest BCUT2D eigenvalue weighted by atomic mass is 19.1. The first-order valence-electron chi connectivity index (χ1n) is 10.2. The lowest BCUT2D eigenvalue weighted by Crippen LogP contribution is -2.39. The fourth-order valence-corrected chi connectivity index (χ4v) is 4.11. The Morgan fingerprint density at radius 2 is 1.73 bits per heavy atom. The number of hydrogen-bond acceptors (Lipinski definition) is 2. The van der Waals surface area contributed by atoms with Crippen LogP contribution in [0.4, 0.5) is 9.18 Å². The van der Waals surface area contributed by atoms with Gasteiger partial charge in [-0.25, -0.2) is 9.18 Å². The number of benzene rings is 2. The van der Waals surface area contributed by atoms with Gasteiger partial charge in [0, 0.05) is 49.2 Å². The molecule has 3 N–H and O–H groups in total. The van der Waals surface area contributed by atoms with Crippen molar-refractivity contribution in [2.45, 2.75) is 19.3 Å². The first-order chi connectivity index (χ1) is 14.5. The van der Waals surface area contributed by atoms with Crippen LogP contribution in [0.2, 0.25) is 0 Å². The summed E-state index contributed by atoms with van der Waals surface area (Å²) in [5, 5.41) is 0.803. The molecule has 0 bridgehead atoms. The minimum absolute atomic E-state index is 0.0334. The molecule has 156 valence electrons. The summed E-state index contributed by atoms with van der Waals surface area (Å²) in [6, 6.07) is 14.1. The van der Waals surface area contributed by atoms with Crippen LogP contribution in [0.1, 0.15) is 18.4 Å². The number of halogens is 1. The third kappa shape index (κ3) is 4.15. The molecule has 1 fully saturated rings. The molecule has 0 saturated carbocycles. The highest BCUT2D eigenvalue weighted by Crippen LogP contribution is 2.32. The predicted octanol–water partition coefficient (Wildman–Crippen LogP) is 3.52. The van der Waals surface area contributed by atoms with Gasteiger partial charge < -0.3 is 20.5 Å². The van der Waals surface area contributed by atoms with E-state index < -0.39 is 6.03 Å². The summed E-state index contributed by atoms with van der Waals surface area (Å²) in [5.74, 6) is -0.265. The zero-order chi connectivity index (χ0) is 21.1. The number of aryl methyl sites for hydroxylation is 1. The molecule has 3 aromatic rings. The maximum Gasteiger partial charge on any atom is 0.314 e. The Hall–Kier alpha value is -3.35. The number of hydrogen-bond donors (Lipinski definition) is 2. The molecular weight excluding hydrogens is 383 g/mol. The number of aromatic nitrogens is 1. The first-order valence-corrected chi connectivity index (χ1v) is 10.2. The number of primary amides is 1. The average molecular weight is 408 g/mol. The molecule has 3 amide bonds. The molecule has 0 unspecified atom stereocenters. The number of nitrogens with zero attached hydrogens (tertiary/aromatic N) is 2. The Morgan fingerprint density at radius 1 is 1.00 bits per heavy atom. The molecule has 0 spiro atoms. The topological polar surface area (TPSA) is 82.4 Å². The van der Waals surface area contributed by atoms with Gasteiger partial charge in [0.1, 0.15) is 5.82 Å². The average Bonchev–Trinajstić information content (AvgIpc) is 2.92. The third-order valence-electron chi connectivity index (χ3n) is 5.68. The van der Waals surface area contributed by atoms with Crippen LogP contribution >= 0.6 is 0 Å². The largest absolute Gasteiger partial charge is 0.354 e. The minimum atomic E-state index is -0.447. The van der Waals surface area contributed by atoms with E-state index in [4.69, 9.17) is 5.73 Å². The van der Waals surface area contributed by atoms with Crippen LogP contribution in [0.5, 0.6) is 0 Å². The standard InChI is InChI=1S/C23H25FN4O2/c24-17-7-9-20-19(15-17)18(22(26-20)16-5-2-1-3-6-16)8-10-21(29)27-11-4-12-28(14-13-27)23(25)30/h1-3,5-7,9,15,26H,4,8,10-14H2,(H2,25,30). The fraction of sp³-hybridized carbons (Fsp3) is 0.304. The van der Waals surface area contributed by atoms with Crippen molar-refractivity contribution in [3.63, 3.8) is 0 Å². The second-order valence-corrected chi connectivity index (χ2v) is 7.59. The van der Waals surface area contributed by atoms with Gasteiger partial charge in [0.05, 0.1) is 0 Å². The van der Waals surface area contributed by atoms with Gasteiger partial charge >= 0.3 is 6.03 Å². The Bertz CT molecular complexity index is 1060. The van der Waals surface area contributed by atoms with Crippen molar-refractivity contribution in [1.29, 1.82) is 0 Å². The lowest BCUT2D eigenvalue weighted by atomic mass is 10.0. The summed E-state index contributed by atoms with van der Waals surface area (Å²) in [6.45, 7) is 2.11. The third-order valence-corrected chi connectivity index (χ3v) is 5.68. The Morgan fingerprint density at radius 3 is 2.50 bits per heavy atom. The number of rotatable bonds is 4. The number of fused-ring (bicyclic) bond motifs is 1. The van der Waals surface area contributed by atoms with Crippen LogP contribution in [0.15, 0.2) is 48.5 Å². The smallest absolute Gasteiger partial charge is 0.314 e. The number of carbonyl (C=O) groups is 2. The second-order valence-electron chi connectivity index (χ2n) is 7.59. The fourth-order valence-electron chi connectivity index (χ4n) is 4.11. The molecule has 1 aromatic heterocycles. The van der Waals surface area contributed by atoms with E-state index in [1.165, 1.54) is 12.1 Å². The number of nitrogens with two attached hydrogens (primary N) is 1. The number of amides is 3. The van der Waals surface area contributed by atoms with Gasteiger partial charge in [-0.2, -0.15) is 0 Å². The number of nitrogens with one attached hydrogen (secondary N) is 1. The summed E-state index contributed by atoms with van der Waals surface area (Å²) in [5.41, 5.74) is 9.08. The van der Waals surface area contributed by atoms with E-state index in [1.807, 2.05) is 30.3 Å². The van der Waals surface area contributed by atoms with Crippen molar-refractivity contribution in [2.24, 2.45) is 5.73 Å². The van der Waals surface area contributed by atoms with Gasteiger partial charge in [0.25, 0.3) is 0 Å².